The van der Waals surface area contributed by atoms with Crippen LogP contribution in [0.2, 0.25) is 0 Å². The third-order valence-electron chi connectivity index (χ3n) is 2.29. The number of hydrogen-bond donors (Lipinski definition) is 2. The van der Waals surface area contributed by atoms with Crippen molar-refractivity contribution in [3.63, 3.8) is 0 Å². The fraction of sp³-hybridized carbons (Fsp3) is 0.154. The maximum Gasteiger partial charge on any atom is 0.273 e. The van der Waals surface area contributed by atoms with E-state index in [1.165, 1.54) is 11.1 Å². The Morgan fingerprint density at radius 1 is 0.944 bits per heavy atom. The Labute approximate surface area is 112 Å². The Balaban J connectivity index is 0.000000357. The fourth-order valence-electron chi connectivity index (χ4n) is 1.39. The third-order valence-corrected chi connectivity index (χ3v) is 2.29. The molecule has 0 bridgehead atoms. The number of pyridine rings is 2. The zero-order valence-corrected chi connectivity index (χ0v) is 11.3. The Morgan fingerprint density at radius 2 is 1.17 bits per heavy atom. The van der Waals surface area contributed by atoms with Crippen LogP contribution in [-0.4, -0.2) is 5.24 Å². The lowest BCUT2D eigenvalue weighted by molar-refractivity contribution is -0.671. The molecule has 0 radical (unpaired) electrons. The van der Waals surface area contributed by atoms with Gasteiger partial charge in [-0.3, -0.25) is 4.79 Å². The molecule has 0 unspecified atom stereocenters. The van der Waals surface area contributed by atoms with Crippen molar-refractivity contribution in [2.75, 3.05) is 0 Å². The second kappa shape index (κ2) is 6.76. The predicted octanol–water partition coefficient (Wildman–Crippen LogP) is 0.997. The Morgan fingerprint density at radius 3 is 1.39 bits per heavy atom. The van der Waals surface area contributed by atoms with Gasteiger partial charge in [0.2, 0.25) is 0 Å². The van der Waals surface area contributed by atoms with Crippen LogP contribution in [0.3, 0.4) is 0 Å². The molecular formula is C13H17N3OS+2. The minimum atomic E-state index is -0.639. The number of carbonyl (C=O) groups is 1. The fourth-order valence-corrected chi connectivity index (χ4v) is 1.39. The number of amides is 1. The van der Waals surface area contributed by atoms with Gasteiger partial charge in [0.25, 0.3) is 5.24 Å². The Bertz CT molecular complexity index is 461. The summed E-state index contributed by atoms with van der Waals surface area (Å²) in [7, 11) is 4.05. The van der Waals surface area contributed by atoms with Gasteiger partial charge in [-0.15, -0.1) is 0 Å². The van der Waals surface area contributed by atoms with Crippen LogP contribution in [0.15, 0.2) is 49.1 Å². The molecule has 0 saturated carbocycles. The number of carbonyl (C=O) groups excluding carboxylic acids is 1. The first-order chi connectivity index (χ1) is 8.49. The molecule has 94 valence electrons. The van der Waals surface area contributed by atoms with E-state index in [1.807, 2.05) is 23.2 Å². The summed E-state index contributed by atoms with van der Waals surface area (Å²) in [6.07, 6.45) is 8.23. The van der Waals surface area contributed by atoms with Crippen LogP contribution in [-0.2, 0) is 14.1 Å². The lowest BCUT2D eigenvalue weighted by Crippen LogP contribution is -2.26. The quantitative estimate of drug-likeness (QED) is 0.585. The minimum absolute atomic E-state index is 0.639. The first-order valence-electron chi connectivity index (χ1n) is 5.38. The molecule has 4 nitrogen and oxygen atoms in total. The summed E-state index contributed by atoms with van der Waals surface area (Å²) in [6.45, 7) is 0. The minimum Gasteiger partial charge on any atom is -0.361 e. The van der Waals surface area contributed by atoms with Gasteiger partial charge in [0.1, 0.15) is 14.1 Å². The summed E-state index contributed by atoms with van der Waals surface area (Å²) in [5.41, 5.74) is 6.84. The second-order valence-corrected chi connectivity index (χ2v) is 4.28. The molecule has 1 amide bonds. The largest absolute Gasteiger partial charge is 0.361 e. The van der Waals surface area contributed by atoms with E-state index in [0.29, 0.717) is 0 Å². The van der Waals surface area contributed by atoms with Crippen molar-refractivity contribution in [1.82, 2.24) is 0 Å². The predicted molar refractivity (Wildman–Crippen MR) is 72.8 cm³/mol. The number of aryl methyl sites for hydroxylation is 2. The van der Waals surface area contributed by atoms with E-state index >= 15 is 0 Å². The van der Waals surface area contributed by atoms with Crippen LogP contribution in [0.1, 0.15) is 0 Å². The Kier molecular flexibility index (Phi) is 5.32. The van der Waals surface area contributed by atoms with Gasteiger partial charge in [-0.1, -0.05) is 12.6 Å². The smallest absolute Gasteiger partial charge is 0.273 e. The molecule has 0 aliphatic carbocycles. The topological polar surface area (TPSA) is 50.9 Å². The van der Waals surface area contributed by atoms with E-state index in [4.69, 9.17) is 4.79 Å². The normalized spacial score (nSPS) is 9.28. The zero-order chi connectivity index (χ0) is 13.5. The highest BCUT2D eigenvalue weighted by molar-refractivity contribution is 7.96. The van der Waals surface area contributed by atoms with Crippen LogP contribution in [0.25, 0.3) is 11.1 Å². The van der Waals surface area contributed by atoms with Gasteiger partial charge < -0.3 is 5.73 Å². The van der Waals surface area contributed by atoms with E-state index in [2.05, 4.69) is 67.4 Å². The molecule has 2 rings (SSSR count). The van der Waals surface area contributed by atoms with Gasteiger partial charge >= 0.3 is 0 Å². The van der Waals surface area contributed by atoms with Crippen molar-refractivity contribution in [3.05, 3.63) is 49.1 Å². The molecule has 0 aromatic carbocycles. The first kappa shape index (κ1) is 14.2. The number of primary amides is 1. The molecule has 5 heteroatoms. The van der Waals surface area contributed by atoms with Crippen molar-refractivity contribution in [1.29, 1.82) is 0 Å². The van der Waals surface area contributed by atoms with E-state index in [-0.39, 0.29) is 0 Å². The highest BCUT2D eigenvalue weighted by Crippen LogP contribution is 2.14. The number of aromatic nitrogens is 2. The Hall–Kier alpha value is -1.88. The van der Waals surface area contributed by atoms with Crippen LogP contribution in [0.4, 0.5) is 4.79 Å². The SMILES string of the molecule is C[n+]1ccc(-c2cc[n+](C)cc2)cc1.NC(=O)S. The summed E-state index contributed by atoms with van der Waals surface area (Å²) in [6, 6.07) is 8.48. The van der Waals surface area contributed by atoms with E-state index in [1.54, 1.807) is 0 Å². The van der Waals surface area contributed by atoms with Crippen molar-refractivity contribution in [3.8, 4) is 11.1 Å². The molecule has 0 atom stereocenters. The lowest BCUT2D eigenvalue weighted by Gasteiger charge is -1.97. The summed E-state index contributed by atoms with van der Waals surface area (Å²) in [4.78, 5) is 9.09. The number of nitrogens with zero attached hydrogens (tertiary/aromatic N) is 2. The van der Waals surface area contributed by atoms with Crippen molar-refractivity contribution >= 4 is 17.9 Å². The number of thiol groups is 1. The standard InChI is InChI=1S/C12H14N2.CH3NOS/c1-13-7-3-11(4-8-13)12-5-9-14(2)10-6-12;2-1(3)4/h3-10H,1-2H3;(H3,2,3,4)/q+2;. The summed E-state index contributed by atoms with van der Waals surface area (Å²) >= 11 is 3.10. The molecule has 0 spiro atoms. The molecule has 2 aromatic heterocycles. The molecule has 0 aliphatic rings. The van der Waals surface area contributed by atoms with Gasteiger partial charge in [0.05, 0.1) is 0 Å². The van der Waals surface area contributed by atoms with Gasteiger partial charge in [0.15, 0.2) is 24.8 Å². The van der Waals surface area contributed by atoms with Gasteiger partial charge in [-0.05, 0) is 11.1 Å². The second-order valence-electron chi connectivity index (χ2n) is 3.84. The van der Waals surface area contributed by atoms with Gasteiger partial charge in [0, 0.05) is 24.3 Å². The van der Waals surface area contributed by atoms with Crippen LogP contribution in [0, 0.1) is 0 Å². The van der Waals surface area contributed by atoms with Gasteiger partial charge in [-0.2, -0.15) is 0 Å². The van der Waals surface area contributed by atoms with Crippen molar-refractivity contribution in [2.45, 2.75) is 0 Å². The average Bonchev–Trinajstić information content (AvgIpc) is 2.31. The van der Waals surface area contributed by atoms with E-state index in [0.717, 1.165) is 0 Å². The molecule has 0 fully saturated rings. The van der Waals surface area contributed by atoms with Crippen LogP contribution in [0.5, 0.6) is 0 Å². The third kappa shape index (κ3) is 4.97. The van der Waals surface area contributed by atoms with Crippen LogP contribution < -0.4 is 14.9 Å². The summed E-state index contributed by atoms with van der Waals surface area (Å²) in [5.74, 6) is 0. The highest BCUT2D eigenvalue weighted by Gasteiger charge is 2.00. The maximum absolute atomic E-state index is 9.09. The molecule has 0 saturated heterocycles. The van der Waals surface area contributed by atoms with E-state index < -0.39 is 5.24 Å². The molecule has 2 heterocycles. The maximum atomic E-state index is 9.09. The summed E-state index contributed by atoms with van der Waals surface area (Å²) < 4.78 is 4.07. The number of nitrogens with two attached hydrogens (primary N) is 1. The number of rotatable bonds is 1. The molecule has 2 N–H and O–H groups in total. The van der Waals surface area contributed by atoms with Crippen LogP contribution >= 0.6 is 12.6 Å². The molecule has 2 aromatic rings. The lowest BCUT2D eigenvalue weighted by atomic mass is 10.1. The number of hydrogen-bond acceptors (Lipinski definition) is 1. The first-order valence-corrected chi connectivity index (χ1v) is 5.83. The van der Waals surface area contributed by atoms with E-state index in [9.17, 15) is 0 Å². The van der Waals surface area contributed by atoms with Crippen molar-refractivity contribution < 1.29 is 13.9 Å². The molecule has 0 aliphatic heterocycles. The monoisotopic (exact) mass is 263 g/mol. The van der Waals surface area contributed by atoms with Crippen molar-refractivity contribution in [2.24, 2.45) is 19.8 Å². The molecule has 18 heavy (non-hydrogen) atoms. The molecular weight excluding hydrogens is 246 g/mol. The highest BCUT2D eigenvalue weighted by atomic mass is 32.1. The summed E-state index contributed by atoms with van der Waals surface area (Å²) in [5, 5.41) is -0.639. The zero-order valence-electron chi connectivity index (χ0n) is 10.4. The van der Waals surface area contributed by atoms with Gasteiger partial charge in [-0.25, -0.2) is 9.13 Å². The average molecular weight is 263 g/mol.